The van der Waals surface area contributed by atoms with Crippen LogP contribution < -0.4 is 20.0 Å². The van der Waals surface area contributed by atoms with E-state index in [0.29, 0.717) is 33.9 Å². The third-order valence-electron chi connectivity index (χ3n) is 12.7. The van der Waals surface area contributed by atoms with Crippen molar-refractivity contribution in [3.8, 4) is 11.5 Å². The monoisotopic (exact) mass is 800 g/mol. The SMILES string of the molecule is COc1ccc([C@H]2C3=CC[C@@H]4C(=O)N(c5ccc(N=Nc6ccc(N(C)C)cc6)cc5)C(=O)[C@@H]4[C@@H]3C[C@H]3C(=O)N(Nc4ccc(C)cc4)C(=O)[C@@]23c2ccccc2)cc1O. The molecule has 2 saturated heterocycles. The van der Waals surface area contributed by atoms with Crippen LogP contribution >= 0.6 is 0 Å². The van der Waals surface area contributed by atoms with E-state index in [1.807, 2.05) is 111 Å². The molecule has 60 heavy (non-hydrogen) atoms. The Balaban J connectivity index is 1.10. The first kappa shape index (κ1) is 38.4. The number of phenolic OH excluding ortho intramolecular Hbond substituents is 1. The molecule has 2 N–H and O–H groups in total. The van der Waals surface area contributed by atoms with Crippen LogP contribution in [0.3, 0.4) is 0 Å². The Labute approximate surface area is 347 Å². The van der Waals surface area contributed by atoms with Gasteiger partial charge in [0.15, 0.2) is 11.5 Å². The largest absolute Gasteiger partial charge is 0.504 e. The van der Waals surface area contributed by atoms with Gasteiger partial charge in [0.05, 0.1) is 53.0 Å². The molecule has 0 bridgehead atoms. The molecule has 302 valence electrons. The zero-order chi connectivity index (χ0) is 41.9. The maximum Gasteiger partial charge on any atom is 0.260 e. The van der Waals surface area contributed by atoms with Gasteiger partial charge in [-0.1, -0.05) is 65.7 Å². The molecule has 0 spiro atoms. The molecule has 0 unspecified atom stereocenters. The Morgan fingerprint density at radius 3 is 2.08 bits per heavy atom. The maximum atomic E-state index is 15.4. The number of allylic oxidation sites excluding steroid dienone is 2. The van der Waals surface area contributed by atoms with Crippen LogP contribution in [-0.4, -0.2) is 54.9 Å². The second kappa shape index (κ2) is 14.9. The minimum Gasteiger partial charge on any atom is -0.504 e. The van der Waals surface area contributed by atoms with Crippen LogP contribution in [0.15, 0.2) is 143 Å². The van der Waals surface area contributed by atoms with E-state index in [4.69, 9.17) is 4.74 Å². The van der Waals surface area contributed by atoms with Crippen LogP contribution in [-0.2, 0) is 24.6 Å². The summed E-state index contributed by atoms with van der Waals surface area (Å²) in [4.78, 5) is 62.6. The number of benzene rings is 5. The van der Waals surface area contributed by atoms with Crippen LogP contribution in [0.2, 0.25) is 0 Å². The van der Waals surface area contributed by atoms with E-state index in [9.17, 15) is 19.5 Å². The lowest BCUT2D eigenvalue weighted by atomic mass is 9.49. The molecule has 0 aromatic heterocycles. The van der Waals surface area contributed by atoms with E-state index in [2.05, 4.69) is 15.7 Å². The third-order valence-corrected chi connectivity index (χ3v) is 12.7. The Morgan fingerprint density at radius 2 is 1.45 bits per heavy atom. The number of aryl methyl sites for hydroxylation is 1. The van der Waals surface area contributed by atoms with Gasteiger partial charge < -0.3 is 14.7 Å². The maximum absolute atomic E-state index is 15.4. The summed E-state index contributed by atoms with van der Waals surface area (Å²) >= 11 is 0. The number of nitrogens with zero attached hydrogens (tertiary/aromatic N) is 5. The fourth-order valence-corrected chi connectivity index (χ4v) is 9.86. The Hall–Kier alpha value is -7.08. The highest BCUT2D eigenvalue weighted by atomic mass is 16.5. The summed E-state index contributed by atoms with van der Waals surface area (Å²) < 4.78 is 5.40. The number of carbonyl (C=O) groups excluding carboxylic acids is 4. The van der Waals surface area contributed by atoms with Crippen molar-refractivity contribution in [3.63, 3.8) is 0 Å². The van der Waals surface area contributed by atoms with Gasteiger partial charge in [0.1, 0.15) is 0 Å². The van der Waals surface area contributed by atoms with E-state index < -0.39 is 46.8 Å². The lowest BCUT2D eigenvalue weighted by Gasteiger charge is -2.50. The molecule has 5 aromatic carbocycles. The molecule has 3 fully saturated rings. The lowest BCUT2D eigenvalue weighted by molar-refractivity contribution is -0.138. The van der Waals surface area contributed by atoms with Crippen molar-refractivity contribution in [2.75, 3.05) is 36.4 Å². The van der Waals surface area contributed by atoms with Gasteiger partial charge in [-0.05, 0) is 110 Å². The Morgan fingerprint density at radius 1 is 0.783 bits per heavy atom. The Bertz CT molecular complexity index is 2570. The second-order valence-electron chi connectivity index (χ2n) is 16.2. The van der Waals surface area contributed by atoms with Crippen molar-refractivity contribution in [1.82, 2.24) is 5.01 Å². The topological polar surface area (TPSA) is 144 Å². The number of phenols is 1. The number of anilines is 3. The normalized spacial score (nSPS) is 24.6. The lowest BCUT2D eigenvalue weighted by Crippen LogP contribution is -2.53. The summed E-state index contributed by atoms with van der Waals surface area (Å²) in [5, 5.41) is 21.0. The van der Waals surface area contributed by atoms with Gasteiger partial charge in [0, 0.05) is 25.7 Å². The number of carbonyl (C=O) groups is 4. The highest BCUT2D eigenvalue weighted by Crippen LogP contribution is 2.64. The summed E-state index contributed by atoms with van der Waals surface area (Å²) in [6.07, 6.45) is 2.41. The molecule has 9 rings (SSSR count). The molecule has 12 heteroatoms. The summed E-state index contributed by atoms with van der Waals surface area (Å²) in [6, 6.07) is 36.3. The predicted octanol–water partition coefficient (Wildman–Crippen LogP) is 8.38. The van der Waals surface area contributed by atoms with E-state index in [0.717, 1.165) is 21.8 Å². The Kier molecular flexibility index (Phi) is 9.57. The standard InChI is InChI=1S/C48H44N6O6/c1-28-10-13-33(14-11-28)51-54-45(57)39-27-38-36(43(29-12-25-41(60-4)40(55)26-29)48(39,47(54)59)30-8-6-5-7-9-30)23-24-37-42(38)46(58)53(44(37)56)35-21-17-32(18-22-35)50-49-31-15-19-34(20-16-31)52(2)3/h5-23,25-26,37-39,42-43,51,55H,24,27H2,1-4H3/t37-,38+,39-,42-,43-,48+/m0/s1. The summed E-state index contributed by atoms with van der Waals surface area (Å²) in [5.74, 6) is -5.15. The summed E-state index contributed by atoms with van der Waals surface area (Å²) in [6.45, 7) is 1.96. The van der Waals surface area contributed by atoms with Gasteiger partial charge >= 0.3 is 0 Å². The minimum atomic E-state index is -1.46. The predicted molar refractivity (Wildman–Crippen MR) is 227 cm³/mol. The number of ether oxygens (including phenoxy) is 1. The van der Waals surface area contributed by atoms with Gasteiger partial charge in [-0.2, -0.15) is 15.2 Å². The zero-order valence-corrected chi connectivity index (χ0v) is 33.6. The number of hydrazine groups is 1. The number of methoxy groups -OCH3 is 1. The van der Waals surface area contributed by atoms with E-state index >= 15 is 4.79 Å². The van der Waals surface area contributed by atoms with Crippen molar-refractivity contribution in [2.45, 2.75) is 31.1 Å². The number of imide groups is 2. The highest BCUT2D eigenvalue weighted by Gasteiger charge is 2.70. The first-order valence-corrected chi connectivity index (χ1v) is 20.0. The summed E-state index contributed by atoms with van der Waals surface area (Å²) in [7, 11) is 5.39. The number of hydrogen-bond donors (Lipinski definition) is 2. The van der Waals surface area contributed by atoms with Crippen molar-refractivity contribution in [2.24, 2.45) is 33.9 Å². The smallest absolute Gasteiger partial charge is 0.260 e. The number of nitrogens with one attached hydrogen (secondary N) is 1. The van der Waals surface area contributed by atoms with Crippen LogP contribution in [0, 0.1) is 30.6 Å². The van der Waals surface area contributed by atoms with Crippen molar-refractivity contribution in [1.29, 1.82) is 0 Å². The number of hydrogen-bond acceptors (Lipinski definition) is 10. The summed E-state index contributed by atoms with van der Waals surface area (Å²) in [5.41, 5.74) is 7.96. The van der Waals surface area contributed by atoms with Crippen molar-refractivity contribution >= 4 is 52.1 Å². The number of aromatic hydroxyl groups is 1. The van der Waals surface area contributed by atoms with Gasteiger partial charge in [0.2, 0.25) is 11.8 Å². The first-order chi connectivity index (χ1) is 29.0. The number of amides is 4. The molecule has 2 heterocycles. The molecule has 6 atom stereocenters. The van der Waals surface area contributed by atoms with Crippen molar-refractivity contribution < 1.29 is 29.0 Å². The second-order valence-corrected chi connectivity index (χ2v) is 16.2. The highest BCUT2D eigenvalue weighted by molar-refractivity contribution is 6.22. The van der Waals surface area contributed by atoms with E-state index in [-0.39, 0.29) is 36.2 Å². The molecule has 12 nitrogen and oxygen atoms in total. The van der Waals surface area contributed by atoms with Crippen LogP contribution in [0.4, 0.5) is 28.4 Å². The number of rotatable bonds is 9. The molecule has 1 saturated carbocycles. The van der Waals surface area contributed by atoms with Crippen LogP contribution in [0.1, 0.15) is 35.4 Å². The molecule has 4 aliphatic rings. The quantitative estimate of drug-likeness (QED) is 0.0860. The molecule has 2 aliphatic carbocycles. The van der Waals surface area contributed by atoms with Crippen molar-refractivity contribution in [3.05, 3.63) is 150 Å². The fourth-order valence-electron chi connectivity index (χ4n) is 9.86. The fraction of sp³-hybridized carbons (Fsp3) is 0.250. The molecule has 5 aromatic rings. The minimum absolute atomic E-state index is 0.124. The van der Waals surface area contributed by atoms with Gasteiger partial charge in [-0.25, -0.2) is 0 Å². The molecule has 2 aliphatic heterocycles. The van der Waals surface area contributed by atoms with Gasteiger partial charge in [-0.3, -0.25) is 29.5 Å². The number of azo groups is 1. The first-order valence-electron chi connectivity index (χ1n) is 20.0. The van der Waals surface area contributed by atoms with Gasteiger partial charge in [-0.15, -0.1) is 0 Å². The molecular formula is C48H44N6O6. The van der Waals surface area contributed by atoms with E-state index in [1.165, 1.54) is 12.0 Å². The molecule has 4 amide bonds. The zero-order valence-electron chi connectivity index (χ0n) is 33.6. The van der Waals surface area contributed by atoms with Crippen LogP contribution in [0.5, 0.6) is 11.5 Å². The molecule has 0 radical (unpaired) electrons. The van der Waals surface area contributed by atoms with Crippen LogP contribution in [0.25, 0.3) is 0 Å². The number of fused-ring (bicyclic) bond motifs is 4. The third kappa shape index (κ3) is 6.13. The van der Waals surface area contributed by atoms with Gasteiger partial charge in [0.25, 0.3) is 11.8 Å². The average molecular weight is 801 g/mol. The van der Waals surface area contributed by atoms with E-state index in [1.54, 1.807) is 42.5 Å². The molecular weight excluding hydrogens is 757 g/mol. The average Bonchev–Trinajstić information content (AvgIpc) is 3.64.